The van der Waals surface area contributed by atoms with Crippen LogP contribution >= 0.6 is 23.2 Å². The third-order valence-electron chi connectivity index (χ3n) is 7.57. The number of fused-ring (bicyclic) bond motifs is 1. The minimum Gasteiger partial charge on any atom is -0.494 e. The van der Waals surface area contributed by atoms with Gasteiger partial charge in [-0.1, -0.05) is 44.0 Å². The molecule has 3 amide bonds. The lowest BCUT2D eigenvalue weighted by atomic mass is 9.85. The molecule has 2 heterocycles. The van der Waals surface area contributed by atoms with Crippen molar-refractivity contribution in [1.29, 1.82) is 0 Å². The molecule has 4 N–H and O–H groups in total. The number of aromatic nitrogens is 2. The second kappa shape index (κ2) is 13.5. The number of nitrogens with zero attached hydrogens (tertiary/aromatic N) is 3. The first-order chi connectivity index (χ1) is 20.8. The molecule has 1 fully saturated rings. The van der Waals surface area contributed by atoms with Crippen molar-refractivity contribution in [3.63, 3.8) is 0 Å². The smallest absolute Gasteiger partial charge is 0.247 e. The van der Waals surface area contributed by atoms with Crippen LogP contribution in [-0.4, -0.2) is 71.4 Å². The monoisotopic (exact) mass is 647 g/mol. The second-order valence-electron chi connectivity index (χ2n) is 11.6. The van der Waals surface area contributed by atoms with Gasteiger partial charge in [-0.3, -0.25) is 14.4 Å². The normalized spacial score (nSPS) is 16.4. The number of halogens is 3. The predicted molar refractivity (Wildman–Crippen MR) is 169 cm³/mol. The van der Waals surface area contributed by atoms with Gasteiger partial charge < -0.3 is 30.9 Å². The van der Waals surface area contributed by atoms with Crippen molar-refractivity contribution in [1.82, 2.24) is 25.5 Å². The van der Waals surface area contributed by atoms with Gasteiger partial charge in [0.1, 0.15) is 30.0 Å². The average Bonchev–Trinajstić information content (AvgIpc) is 3.49. The van der Waals surface area contributed by atoms with Crippen LogP contribution in [-0.2, 0) is 14.4 Å². The number of benzene rings is 2. The van der Waals surface area contributed by atoms with E-state index in [1.807, 2.05) is 20.8 Å². The molecule has 0 unspecified atom stereocenters. The average molecular weight is 649 g/mol. The van der Waals surface area contributed by atoms with Gasteiger partial charge in [-0.25, -0.2) is 14.4 Å². The van der Waals surface area contributed by atoms with Crippen LogP contribution in [0.1, 0.15) is 40.5 Å². The molecule has 0 radical (unpaired) electrons. The van der Waals surface area contributed by atoms with Gasteiger partial charge in [0.2, 0.25) is 17.7 Å². The molecular weight excluding hydrogens is 612 g/mol. The van der Waals surface area contributed by atoms with E-state index in [0.29, 0.717) is 41.7 Å². The van der Waals surface area contributed by atoms with Gasteiger partial charge in [0.15, 0.2) is 5.82 Å². The summed E-state index contributed by atoms with van der Waals surface area (Å²) >= 11 is 11.9. The van der Waals surface area contributed by atoms with Crippen molar-refractivity contribution < 1.29 is 23.5 Å². The van der Waals surface area contributed by atoms with Crippen LogP contribution in [0.2, 0.25) is 10.0 Å². The van der Waals surface area contributed by atoms with Crippen LogP contribution in [0.15, 0.2) is 30.6 Å². The number of hydrogen-bond acceptors (Lipinski definition) is 8. The zero-order valence-corrected chi connectivity index (χ0v) is 26.9. The standard InChI is InChI=1S/C30H36Cl2FN7O4/c1-15(34-5)27(41)39-25(30(2,3)4)29(43)40-11-7-8-21(40)28(42)38-20-12-16-19(13-22(20)44-6)35-14-36-26(16)37-18-10-9-17(31)23(32)24(18)33/h9-10,12-15,21,25,34H,7-8,11H2,1-6H3,(H,38,42)(H,39,41)(H,35,36,37)/t15-,21-,25+/m0/s1. The molecule has 1 aliphatic heterocycles. The summed E-state index contributed by atoms with van der Waals surface area (Å²) in [6, 6.07) is 4.00. The van der Waals surface area contributed by atoms with Gasteiger partial charge in [0.25, 0.3) is 0 Å². The fraction of sp³-hybridized carbons (Fsp3) is 0.433. The Hall–Kier alpha value is -3.74. The van der Waals surface area contributed by atoms with Crippen LogP contribution in [0.3, 0.4) is 0 Å². The molecule has 236 valence electrons. The molecule has 44 heavy (non-hydrogen) atoms. The molecular formula is C30H36Cl2FN7O4. The molecule has 14 heteroatoms. The third kappa shape index (κ3) is 6.98. The maximum absolute atomic E-state index is 14.8. The van der Waals surface area contributed by atoms with Gasteiger partial charge >= 0.3 is 0 Å². The summed E-state index contributed by atoms with van der Waals surface area (Å²) in [7, 11) is 3.12. The Labute approximate surface area is 265 Å². The SMILES string of the molecule is CN[C@@H](C)C(=O)N[C@H](C(=O)N1CCC[C@H]1C(=O)Nc1cc2c(Nc3ccc(Cl)c(Cl)c3F)ncnc2cc1OC)C(C)(C)C. The highest BCUT2D eigenvalue weighted by molar-refractivity contribution is 6.42. The molecule has 3 aromatic rings. The van der Waals surface area contributed by atoms with E-state index in [2.05, 4.69) is 31.2 Å². The number of hydrogen-bond donors (Lipinski definition) is 4. The summed E-state index contributed by atoms with van der Waals surface area (Å²) < 4.78 is 20.3. The molecule has 2 aromatic carbocycles. The van der Waals surface area contributed by atoms with Crippen LogP contribution in [0, 0.1) is 11.2 Å². The molecule has 4 rings (SSSR count). The fourth-order valence-electron chi connectivity index (χ4n) is 4.93. The molecule has 1 aliphatic rings. The summed E-state index contributed by atoms with van der Waals surface area (Å²) in [6.45, 7) is 7.66. The van der Waals surface area contributed by atoms with E-state index < -0.39 is 35.3 Å². The summed E-state index contributed by atoms with van der Waals surface area (Å²) in [6.07, 6.45) is 2.37. The van der Waals surface area contributed by atoms with Crippen molar-refractivity contribution in [2.75, 3.05) is 31.3 Å². The van der Waals surface area contributed by atoms with Crippen molar-refractivity contribution in [2.45, 2.75) is 58.7 Å². The highest BCUT2D eigenvalue weighted by Crippen LogP contribution is 2.36. The van der Waals surface area contributed by atoms with E-state index in [1.54, 1.807) is 26.1 Å². The number of carbonyl (C=O) groups excluding carboxylic acids is 3. The molecule has 0 bridgehead atoms. The minimum absolute atomic E-state index is 0.0468. The number of amides is 3. The van der Waals surface area contributed by atoms with Crippen LogP contribution in [0.4, 0.5) is 21.6 Å². The summed E-state index contributed by atoms with van der Waals surface area (Å²) in [5.41, 5.74) is 0.212. The van der Waals surface area contributed by atoms with Gasteiger partial charge in [0, 0.05) is 18.0 Å². The first kappa shape index (κ1) is 33.2. The quantitative estimate of drug-likeness (QED) is 0.241. The lowest BCUT2D eigenvalue weighted by Crippen LogP contribution is -2.59. The summed E-state index contributed by atoms with van der Waals surface area (Å²) in [5, 5.41) is 11.8. The van der Waals surface area contributed by atoms with Crippen molar-refractivity contribution in [3.8, 4) is 5.75 Å². The first-order valence-corrected chi connectivity index (χ1v) is 14.8. The topological polar surface area (TPSA) is 138 Å². The zero-order chi connectivity index (χ0) is 32.3. The number of anilines is 3. The number of likely N-dealkylation sites (tertiary alicyclic amines) is 1. The molecule has 1 aromatic heterocycles. The number of nitrogens with one attached hydrogen (secondary N) is 4. The fourth-order valence-corrected chi connectivity index (χ4v) is 5.24. The highest BCUT2D eigenvalue weighted by atomic mass is 35.5. The van der Waals surface area contributed by atoms with E-state index in [1.165, 1.54) is 30.5 Å². The third-order valence-corrected chi connectivity index (χ3v) is 8.35. The van der Waals surface area contributed by atoms with Crippen LogP contribution < -0.4 is 26.0 Å². The molecule has 11 nitrogen and oxygen atoms in total. The van der Waals surface area contributed by atoms with E-state index in [9.17, 15) is 18.8 Å². The number of carbonyl (C=O) groups is 3. The zero-order valence-electron chi connectivity index (χ0n) is 25.3. The number of methoxy groups -OCH3 is 1. The van der Waals surface area contributed by atoms with Crippen molar-refractivity contribution >= 4 is 69.0 Å². The van der Waals surface area contributed by atoms with E-state index >= 15 is 0 Å². The predicted octanol–water partition coefficient (Wildman–Crippen LogP) is 4.90. The summed E-state index contributed by atoms with van der Waals surface area (Å²) in [4.78, 5) is 50.3. The maximum atomic E-state index is 14.8. The van der Waals surface area contributed by atoms with Crippen LogP contribution in [0.5, 0.6) is 5.75 Å². The lowest BCUT2D eigenvalue weighted by molar-refractivity contribution is -0.143. The first-order valence-electron chi connectivity index (χ1n) is 14.1. The number of rotatable bonds is 9. The number of ether oxygens (including phenoxy) is 1. The van der Waals surface area contributed by atoms with Gasteiger partial charge in [-0.05, 0) is 50.4 Å². The Morgan fingerprint density at radius 3 is 2.52 bits per heavy atom. The largest absolute Gasteiger partial charge is 0.494 e. The molecule has 3 atom stereocenters. The maximum Gasteiger partial charge on any atom is 0.247 e. The van der Waals surface area contributed by atoms with Gasteiger partial charge in [-0.2, -0.15) is 0 Å². The lowest BCUT2D eigenvalue weighted by Gasteiger charge is -2.36. The van der Waals surface area contributed by atoms with Crippen molar-refractivity contribution in [3.05, 3.63) is 46.5 Å². The Morgan fingerprint density at radius 2 is 1.86 bits per heavy atom. The Morgan fingerprint density at radius 1 is 1.14 bits per heavy atom. The van der Waals surface area contributed by atoms with Gasteiger partial charge in [-0.15, -0.1) is 0 Å². The van der Waals surface area contributed by atoms with Crippen LogP contribution in [0.25, 0.3) is 10.9 Å². The molecule has 0 spiro atoms. The van der Waals surface area contributed by atoms with Gasteiger partial charge in [0.05, 0.1) is 40.1 Å². The Balaban J connectivity index is 1.62. The van der Waals surface area contributed by atoms with Crippen molar-refractivity contribution in [2.24, 2.45) is 5.41 Å². The molecule has 0 aliphatic carbocycles. The molecule has 1 saturated heterocycles. The highest BCUT2D eigenvalue weighted by Gasteiger charge is 2.42. The van der Waals surface area contributed by atoms with E-state index in [0.717, 1.165) is 0 Å². The molecule has 0 saturated carbocycles. The minimum atomic E-state index is -0.845. The second-order valence-corrected chi connectivity index (χ2v) is 12.4. The van der Waals surface area contributed by atoms with E-state index in [-0.39, 0.29) is 33.4 Å². The Kier molecular flexibility index (Phi) is 10.2. The summed E-state index contributed by atoms with van der Waals surface area (Å²) in [5.74, 6) is -1.23. The van der Waals surface area contributed by atoms with E-state index in [4.69, 9.17) is 27.9 Å². The number of likely N-dealkylation sites (N-methyl/N-ethyl adjacent to an activating group) is 1. The Bertz CT molecular complexity index is 1580.